The van der Waals surface area contributed by atoms with Gasteiger partial charge in [-0.2, -0.15) is 0 Å². The quantitative estimate of drug-likeness (QED) is 0.334. The van der Waals surface area contributed by atoms with Crippen LogP contribution in [0, 0.1) is 11.8 Å². The van der Waals surface area contributed by atoms with Crippen LogP contribution < -0.4 is 0 Å². The van der Waals surface area contributed by atoms with Crippen LogP contribution >= 0.6 is 22.6 Å². The Morgan fingerprint density at radius 2 is 2.38 bits per heavy atom. The molecule has 0 radical (unpaired) electrons. The van der Waals surface area contributed by atoms with Gasteiger partial charge >= 0.3 is 5.97 Å². The highest BCUT2D eigenvalue weighted by molar-refractivity contribution is 14.1. The largest absolute Gasteiger partial charge is 0.465 e. The van der Waals surface area contributed by atoms with E-state index in [1.165, 1.54) is 0 Å². The fourth-order valence-electron chi connectivity index (χ4n) is 3.02. The number of carbonyl (C=O) groups is 1. The highest BCUT2D eigenvalue weighted by atomic mass is 127. The van der Waals surface area contributed by atoms with Gasteiger partial charge in [-0.3, -0.25) is 4.79 Å². The first-order valence-electron chi connectivity index (χ1n) is 5.81. The van der Waals surface area contributed by atoms with E-state index in [9.17, 15) is 4.79 Å². The molecule has 0 N–H and O–H groups in total. The van der Waals surface area contributed by atoms with Gasteiger partial charge in [0.05, 0.1) is 30.8 Å². The number of esters is 1. The number of ether oxygens (including phenoxy) is 3. The van der Waals surface area contributed by atoms with Crippen LogP contribution in [0.1, 0.15) is 12.8 Å². The van der Waals surface area contributed by atoms with Crippen LogP contribution in [0.2, 0.25) is 0 Å². The second-order valence-electron chi connectivity index (χ2n) is 4.65. The highest BCUT2D eigenvalue weighted by Crippen LogP contribution is 2.48. The Morgan fingerprint density at radius 1 is 1.50 bits per heavy atom. The lowest BCUT2D eigenvalue weighted by Gasteiger charge is -2.24. The van der Waals surface area contributed by atoms with Gasteiger partial charge in [-0.05, 0) is 6.42 Å². The van der Waals surface area contributed by atoms with Crippen molar-refractivity contribution in [1.29, 1.82) is 0 Å². The molecule has 5 heteroatoms. The summed E-state index contributed by atoms with van der Waals surface area (Å²) < 4.78 is 17.8. The van der Waals surface area contributed by atoms with E-state index in [1.54, 1.807) is 0 Å². The van der Waals surface area contributed by atoms with Crippen LogP contribution in [-0.4, -0.2) is 41.9 Å². The Morgan fingerprint density at radius 3 is 3.19 bits per heavy atom. The minimum atomic E-state index is -0.0836. The summed E-state index contributed by atoms with van der Waals surface area (Å²) in [5, 5.41) is 0. The lowest BCUT2D eigenvalue weighted by molar-refractivity contribution is -0.145. The van der Waals surface area contributed by atoms with Crippen LogP contribution in [0.15, 0.2) is 0 Å². The summed E-state index contributed by atoms with van der Waals surface area (Å²) in [6.45, 7) is 1.32. The molecule has 3 rings (SSSR count). The summed E-state index contributed by atoms with van der Waals surface area (Å²) in [5.41, 5.74) is 0. The van der Waals surface area contributed by atoms with Gasteiger partial charge in [-0.25, -0.2) is 0 Å². The van der Waals surface area contributed by atoms with Crippen molar-refractivity contribution in [3.8, 4) is 0 Å². The normalized spacial score (nSPS) is 44.8. The molecule has 3 aliphatic rings. The molecule has 3 saturated heterocycles. The van der Waals surface area contributed by atoms with Crippen molar-refractivity contribution in [1.82, 2.24) is 0 Å². The van der Waals surface area contributed by atoms with Crippen molar-refractivity contribution in [2.24, 2.45) is 11.8 Å². The van der Waals surface area contributed by atoms with E-state index in [0.29, 0.717) is 12.5 Å². The van der Waals surface area contributed by atoms with Crippen molar-refractivity contribution in [2.45, 2.75) is 31.2 Å². The fraction of sp³-hybridized carbons (Fsp3) is 0.909. The molecule has 0 spiro atoms. The van der Waals surface area contributed by atoms with Crippen molar-refractivity contribution < 1.29 is 19.0 Å². The number of cyclic esters (lactones) is 1. The van der Waals surface area contributed by atoms with Crippen LogP contribution in [0.4, 0.5) is 0 Å². The summed E-state index contributed by atoms with van der Waals surface area (Å²) in [7, 11) is 0. The Balaban J connectivity index is 1.62. The predicted molar refractivity (Wildman–Crippen MR) is 64.5 cm³/mol. The summed E-state index contributed by atoms with van der Waals surface area (Å²) in [4.78, 5) is 11.6. The van der Waals surface area contributed by atoms with Crippen molar-refractivity contribution in [3.05, 3.63) is 0 Å². The zero-order valence-electron chi connectivity index (χ0n) is 8.93. The topological polar surface area (TPSA) is 44.8 Å². The van der Waals surface area contributed by atoms with E-state index in [1.807, 2.05) is 0 Å². The number of hydrogen-bond acceptors (Lipinski definition) is 4. The van der Waals surface area contributed by atoms with E-state index in [-0.39, 0.29) is 30.2 Å². The molecule has 3 fully saturated rings. The maximum absolute atomic E-state index is 11.6. The molecule has 0 aromatic carbocycles. The van der Waals surface area contributed by atoms with Crippen LogP contribution in [0.5, 0.6) is 0 Å². The summed E-state index contributed by atoms with van der Waals surface area (Å²) >= 11 is 2.34. The van der Waals surface area contributed by atoms with Gasteiger partial charge < -0.3 is 14.2 Å². The first-order valence-corrected chi connectivity index (χ1v) is 7.33. The molecule has 3 heterocycles. The van der Waals surface area contributed by atoms with Crippen molar-refractivity contribution >= 4 is 28.6 Å². The van der Waals surface area contributed by atoms with E-state index in [4.69, 9.17) is 14.2 Å². The minimum absolute atomic E-state index is 0.0424. The third-order valence-corrected chi connectivity index (χ3v) is 4.52. The lowest BCUT2D eigenvalue weighted by atomic mass is 9.80. The zero-order chi connectivity index (χ0) is 11.1. The second-order valence-corrected chi connectivity index (χ2v) is 5.73. The van der Waals surface area contributed by atoms with Gasteiger partial charge in [0, 0.05) is 23.4 Å². The Hall–Kier alpha value is 0.120. The molecule has 5 atom stereocenters. The van der Waals surface area contributed by atoms with Gasteiger partial charge in [0.1, 0.15) is 0 Å². The van der Waals surface area contributed by atoms with Gasteiger partial charge in [-0.15, -0.1) is 0 Å². The molecule has 16 heavy (non-hydrogen) atoms. The third-order valence-electron chi connectivity index (χ3n) is 3.76. The molecule has 0 aromatic heterocycles. The van der Waals surface area contributed by atoms with Crippen LogP contribution in [0.25, 0.3) is 0 Å². The molecule has 2 bridgehead atoms. The first-order chi connectivity index (χ1) is 7.81. The molecule has 3 aliphatic heterocycles. The molecular formula is C11H15IO4. The minimum Gasteiger partial charge on any atom is -0.465 e. The summed E-state index contributed by atoms with van der Waals surface area (Å²) in [5.74, 6) is 0.157. The summed E-state index contributed by atoms with van der Waals surface area (Å²) in [6, 6.07) is 0. The van der Waals surface area contributed by atoms with Gasteiger partial charge in [0.15, 0.2) is 0 Å². The van der Waals surface area contributed by atoms with Gasteiger partial charge in [0.2, 0.25) is 0 Å². The number of alkyl halides is 1. The number of rotatable bonds is 4. The molecular weight excluding hydrogens is 323 g/mol. The highest BCUT2D eigenvalue weighted by Gasteiger charge is 2.61. The zero-order valence-corrected chi connectivity index (χ0v) is 11.1. The maximum Gasteiger partial charge on any atom is 0.312 e. The number of hydrogen-bond donors (Lipinski definition) is 0. The van der Waals surface area contributed by atoms with Crippen LogP contribution in [-0.2, 0) is 19.0 Å². The molecule has 0 amide bonds. The van der Waals surface area contributed by atoms with E-state index in [2.05, 4.69) is 22.6 Å². The predicted octanol–water partition coefficient (Wildman–Crippen LogP) is 1.16. The van der Waals surface area contributed by atoms with Crippen molar-refractivity contribution in [2.75, 3.05) is 17.6 Å². The molecule has 0 aliphatic carbocycles. The SMILES string of the molecule is O=C1OCC2C3CC(OCCCI)C(O3)C12. The smallest absolute Gasteiger partial charge is 0.312 e. The standard InChI is InChI=1S/C11H15IO4/c12-2-1-3-14-8-4-7-6-5-15-11(13)9(6)10(8)16-7/h6-10H,1-5H2. The Kier molecular flexibility index (Phi) is 3.10. The van der Waals surface area contributed by atoms with Crippen LogP contribution in [0.3, 0.4) is 0 Å². The average molecular weight is 338 g/mol. The molecule has 90 valence electrons. The first kappa shape index (κ1) is 11.2. The van der Waals surface area contributed by atoms with Crippen molar-refractivity contribution in [3.63, 3.8) is 0 Å². The third kappa shape index (κ3) is 1.67. The monoisotopic (exact) mass is 338 g/mol. The molecule has 5 unspecified atom stereocenters. The Bertz CT molecular complexity index is 296. The molecule has 0 saturated carbocycles. The maximum atomic E-state index is 11.6. The van der Waals surface area contributed by atoms with E-state index >= 15 is 0 Å². The van der Waals surface area contributed by atoms with E-state index < -0.39 is 0 Å². The second kappa shape index (κ2) is 4.42. The molecule has 0 aromatic rings. The average Bonchev–Trinajstić information content (AvgIpc) is 2.91. The van der Waals surface area contributed by atoms with E-state index in [0.717, 1.165) is 23.9 Å². The molecule has 4 nitrogen and oxygen atoms in total. The number of carbonyl (C=O) groups excluding carboxylic acids is 1. The summed E-state index contributed by atoms with van der Waals surface area (Å²) in [6.07, 6.45) is 2.25. The lowest BCUT2D eigenvalue weighted by Crippen LogP contribution is -2.39. The number of fused-ring (bicyclic) bond motifs is 5. The van der Waals surface area contributed by atoms with Gasteiger partial charge in [-0.1, -0.05) is 22.6 Å². The number of halogens is 1. The fourth-order valence-corrected chi connectivity index (χ4v) is 3.33. The van der Waals surface area contributed by atoms with Gasteiger partial charge in [0.25, 0.3) is 0 Å². The Labute approximate surface area is 108 Å².